The number of benzene rings is 1. The fraction of sp³-hybridized carbons (Fsp3) is 0.647. The number of piperidine rings is 2. The highest BCUT2D eigenvalue weighted by Crippen LogP contribution is 2.31. The molecule has 0 spiro atoms. The summed E-state index contributed by atoms with van der Waals surface area (Å²) in [6, 6.07) is 8.29. The molecule has 2 aliphatic rings. The van der Waals surface area contributed by atoms with Crippen LogP contribution in [0, 0.1) is 11.8 Å². The third-order valence-corrected chi connectivity index (χ3v) is 5.21. The smallest absolute Gasteiger partial charge is 0.0409 e. The number of rotatable bonds is 3. The van der Waals surface area contributed by atoms with Crippen molar-refractivity contribution in [3.8, 4) is 0 Å². The van der Waals surface area contributed by atoms with Crippen LogP contribution in [0.5, 0.6) is 0 Å². The largest absolute Gasteiger partial charge is 0.317 e. The van der Waals surface area contributed by atoms with Crippen molar-refractivity contribution in [2.75, 3.05) is 26.2 Å². The molecule has 0 bridgehead atoms. The van der Waals surface area contributed by atoms with Crippen LogP contribution >= 0.6 is 11.6 Å². The normalized spacial score (nSPS) is 23.1. The van der Waals surface area contributed by atoms with Gasteiger partial charge in [0, 0.05) is 11.6 Å². The van der Waals surface area contributed by atoms with Gasteiger partial charge in [-0.25, -0.2) is 0 Å². The van der Waals surface area contributed by atoms with Gasteiger partial charge in [0.05, 0.1) is 0 Å². The van der Waals surface area contributed by atoms with E-state index in [0.29, 0.717) is 0 Å². The Morgan fingerprint density at radius 2 is 1.75 bits per heavy atom. The number of likely N-dealkylation sites (tertiary alicyclic amines) is 1. The molecule has 3 heteroatoms. The summed E-state index contributed by atoms with van der Waals surface area (Å²) in [5.74, 6) is 1.94. The Hall–Kier alpha value is -0.570. The topological polar surface area (TPSA) is 15.3 Å². The van der Waals surface area contributed by atoms with E-state index in [1.54, 1.807) is 0 Å². The van der Waals surface area contributed by atoms with Gasteiger partial charge in [0.2, 0.25) is 0 Å². The van der Waals surface area contributed by atoms with Crippen LogP contribution < -0.4 is 5.32 Å². The molecular weight excluding hydrogens is 268 g/mol. The van der Waals surface area contributed by atoms with E-state index in [0.717, 1.165) is 23.4 Å². The number of hydrogen-bond donors (Lipinski definition) is 1. The van der Waals surface area contributed by atoms with Crippen molar-refractivity contribution in [3.63, 3.8) is 0 Å². The molecule has 3 rings (SSSR count). The predicted octanol–water partition coefficient (Wildman–Crippen LogP) is 3.55. The van der Waals surface area contributed by atoms with E-state index in [-0.39, 0.29) is 0 Å². The lowest BCUT2D eigenvalue weighted by Crippen LogP contribution is -2.39. The van der Waals surface area contributed by atoms with E-state index in [9.17, 15) is 0 Å². The molecule has 20 heavy (non-hydrogen) atoms. The molecule has 0 atom stereocenters. The average Bonchev–Trinajstić information content (AvgIpc) is 2.49. The van der Waals surface area contributed by atoms with E-state index < -0.39 is 0 Å². The molecule has 0 saturated carbocycles. The van der Waals surface area contributed by atoms with Gasteiger partial charge in [-0.1, -0.05) is 23.7 Å². The van der Waals surface area contributed by atoms with Crippen molar-refractivity contribution < 1.29 is 0 Å². The molecule has 2 aliphatic heterocycles. The second kappa shape index (κ2) is 6.93. The van der Waals surface area contributed by atoms with Crippen LogP contribution in [0.3, 0.4) is 0 Å². The first-order chi connectivity index (χ1) is 9.81. The molecule has 0 radical (unpaired) electrons. The van der Waals surface area contributed by atoms with E-state index >= 15 is 0 Å². The second-order valence-electron chi connectivity index (χ2n) is 6.33. The number of nitrogens with one attached hydrogen (secondary N) is 1. The first kappa shape index (κ1) is 14.4. The lowest BCUT2D eigenvalue weighted by atomic mass is 9.79. The summed E-state index contributed by atoms with van der Waals surface area (Å²) in [4.78, 5) is 2.59. The monoisotopic (exact) mass is 292 g/mol. The highest BCUT2D eigenvalue weighted by Gasteiger charge is 2.27. The Morgan fingerprint density at radius 3 is 2.45 bits per heavy atom. The van der Waals surface area contributed by atoms with Gasteiger partial charge in [-0.3, -0.25) is 4.90 Å². The standard InChI is InChI=1S/C17H25ClN2/c18-17-3-1-2-14(12-17)13-20-10-6-16(7-11-20)15-4-8-19-9-5-15/h1-3,12,15-16,19H,4-11,13H2. The fourth-order valence-electron chi connectivity index (χ4n) is 3.79. The summed E-state index contributed by atoms with van der Waals surface area (Å²) in [5.41, 5.74) is 1.35. The molecule has 0 aliphatic carbocycles. The Bertz CT molecular complexity index is 421. The van der Waals surface area contributed by atoms with Crippen LogP contribution in [0.25, 0.3) is 0 Å². The van der Waals surface area contributed by atoms with E-state index in [1.807, 2.05) is 6.07 Å². The molecule has 2 fully saturated rings. The van der Waals surface area contributed by atoms with Gasteiger partial charge < -0.3 is 5.32 Å². The Labute approximate surface area is 127 Å². The number of halogens is 1. The lowest BCUT2D eigenvalue weighted by molar-refractivity contribution is 0.126. The minimum absolute atomic E-state index is 0.854. The molecule has 1 aromatic carbocycles. The van der Waals surface area contributed by atoms with Gasteiger partial charge in [0.25, 0.3) is 0 Å². The molecule has 2 nitrogen and oxygen atoms in total. The van der Waals surface area contributed by atoms with Crippen LogP contribution in [0.2, 0.25) is 5.02 Å². The van der Waals surface area contributed by atoms with Crippen LogP contribution in [0.4, 0.5) is 0 Å². The first-order valence-corrected chi connectivity index (χ1v) is 8.36. The predicted molar refractivity (Wildman–Crippen MR) is 85.0 cm³/mol. The number of nitrogens with zero attached hydrogens (tertiary/aromatic N) is 1. The second-order valence-corrected chi connectivity index (χ2v) is 6.77. The maximum Gasteiger partial charge on any atom is 0.0409 e. The first-order valence-electron chi connectivity index (χ1n) is 7.99. The zero-order valence-corrected chi connectivity index (χ0v) is 12.9. The Balaban J connectivity index is 1.48. The minimum Gasteiger partial charge on any atom is -0.317 e. The third kappa shape index (κ3) is 3.75. The van der Waals surface area contributed by atoms with Crippen molar-refractivity contribution in [1.82, 2.24) is 10.2 Å². The van der Waals surface area contributed by atoms with E-state index in [2.05, 4.69) is 28.4 Å². The van der Waals surface area contributed by atoms with Crippen molar-refractivity contribution in [3.05, 3.63) is 34.9 Å². The Kier molecular flexibility index (Phi) is 4.98. The summed E-state index contributed by atoms with van der Waals surface area (Å²) in [7, 11) is 0. The summed E-state index contributed by atoms with van der Waals surface area (Å²) in [6.45, 7) is 6.02. The Morgan fingerprint density at radius 1 is 1.05 bits per heavy atom. The highest BCUT2D eigenvalue weighted by molar-refractivity contribution is 6.30. The minimum atomic E-state index is 0.854. The van der Waals surface area contributed by atoms with Gasteiger partial charge in [0.15, 0.2) is 0 Å². The lowest BCUT2D eigenvalue weighted by Gasteiger charge is -2.37. The quantitative estimate of drug-likeness (QED) is 0.916. The molecule has 2 heterocycles. The third-order valence-electron chi connectivity index (χ3n) is 4.98. The van der Waals surface area contributed by atoms with Crippen LogP contribution in [0.15, 0.2) is 24.3 Å². The number of hydrogen-bond acceptors (Lipinski definition) is 2. The summed E-state index contributed by atoms with van der Waals surface area (Å²) in [5, 5.41) is 4.33. The van der Waals surface area contributed by atoms with Crippen molar-refractivity contribution in [1.29, 1.82) is 0 Å². The molecule has 2 saturated heterocycles. The van der Waals surface area contributed by atoms with Crippen LogP contribution in [-0.2, 0) is 6.54 Å². The zero-order chi connectivity index (χ0) is 13.8. The molecule has 110 valence electrons. The van der Waals surface area contributed by atoms with E-state index in [4.69, 9.17) is 11.6 Å². The molecule has 0 amide bonds. The van der Waals surface area contributed by atoms with Gasteiger partial charge in [-0.05, 0) is 81.4 Å². The maximum absolute atomic E-state index is 6.06. The van der Waals surface area contributed by atoms with Gasteiger partial charge in [-0.15, -0.1) is 0 Å². The summed E-state index contributed by atoms with van der Waals surface area (Å²) >= 11 is 6.06. The summed E-state index contributed by atoms with van der Waals surface area (Å²) in [6.07, 6.45) is 5.54. The van der Waals surface area contributed by atoms with Gasteiger partial charge in [0.1, 0.15) is 0 Å². The SMILES string of the molecule is Clc1cccc(CN2CCC(C3CCNCC3)CC2)c1. The maximum atomic E-state index is 6.06. The fourth-order valence-corrected chi connectivity index (χ4v) is 4.00. The molecule has 1 N–H and O–H groups in total. The zero-order valence-electron chi connectivity index (χ0n) is 12.2. The average molecular weight is 293 g/mol. The van der Waals surface area contributed by atoms with Crippen LogP contribution in [0.1, 0.15) is 31.2 Å². The summed E-state index contributed by atoms with van der Waals surface area (Å²) < 4.78 is 0. The highest BCUT2D eigenvalue weighted by atomic mass is 35.5. The van der Waals surface area contributed by atoms with Gasteiger partial charge in [-0.2, -0.15) is 0 Å². The molecule has 0 unspecified atom stereocenters. The van der Waals surface area contributed by atoms with Crippen LogP contribution in [-0.4, -0.2) is 31.1 Å². The molecule has 1 aromatic rings. The van der Waals surface area contributed by atoms with Crippen molar-refractivity contribution in [2.24, 2.45) is 11.8 Å². The van der Waals surface area contributed by atoms with Crippen molar-refractivity contribution in [2.45, 2.75) is 32.2 Å². The molecule has 0 aromatic heterocycles. The molecular formula is C17H25ClN2. The van der Waals surface area contributed by atoms with Crippen molar-refractivity contribution >= 4 is 11.6 Å². The van der Waals surface area contributed by atoms with E-state index in [1.165, 1.54) is 57.4 Å². The van der Waals surface area contributed by atoms with Gasteiger partial charge >= 0.3 is 0 Å².